The van der Waals surface area contributed by atoms with E-state index in [0.29, 0.717) is 0 Å². The zero-order valence-electron chi connectivity index (χ0n) is 10.4. The first-order valence-electron chi connectivity index (χ1n) is 6.14. The van der Waals surface area contributed by atoms with E-state index >= 15 is 0 Å². The van der Waals surface area contributed by atoms with Crippen molar-refractivity contribution in [1.29, 1.82) is 0 Å². The van der Waals surface area contributed by atoms with Gasteiger partial charge in [0.15, 0.2) is 0 Å². The highest BCUT2D eigenvalue weighted by Crippen LogP contribution is 2.31. The quantitative estimate of drug-likeness (QED) is 0.573. The molecule has 0 aliphatic carbocycles. The molecule has 1 heterocycles. The Morgan fingerprint density at radius 2 is 1.79 bits per heavy atom. The lowest BCUT2D eigenvalue weighted by Gasteiger charge is -2.07. The summed E-state index contributed by atoms with van der Waals surface area (Å²) in [5, 5.41) is 1.03. The lowest BCUT2D eigenvalue weighted by atomic mass is 10.2. The molecule has 0 atom stereocenters. The SMILES string of the molecule is Nc1ccc(SCc2ccccc2)c2ncccc12. The Morgan fingerprint density at radius 3 is 2.63 bits per heavy atom. The van der Waals surface area contributed by atoms with Crippen LogP contribution in [0.15, 0.2) is 65.7 Å². The highest BCUT2D eigenvalue weighted by molar-refractivity contribution is 7.98. The fourth-order valence-corrected chi connectivity index (χ4v) is 3.00. The van der Waals surface area contributed by atoms with Gasteiger partial charge in [-0.05, 0) is 29.8 Å². The van der Waals surface area contributed by atoms with Crippen LogP contribution in [0.3, 0.4) is 0 Å². The van der Waals surface area contributed by atoms with Gasteiger partial charge in [0, 0.05) is 27.9 Å². The molecule has 2 aromatic carbocycles. The normalized spacial score (nSPS) is 10.7. The largest absolute Gasteiger partial charge is 0.398 e. The van der Waals surface area contributed by atoms with Gasteiger partial charge in [-0.1, -0.05) is 30.3 Å². The van der Waals surface area contributed by atoms with E-state index in [1.807, 2.05) is 30.5 Å². The summed E-state index contributed by atoms with van der Waals surface area (Å²) in [6, 6.07) is 18.4. The van der Waals surface area contributed by atoms with Gasteiger partial charge in [-0.25, -0.2) is 0 Å². The summed E-state index contributed by atoms with van der Waals surface area (Å²) in [6.07, 6.45) is 1.81. The summed E-state index contributed by atoms with van der Waals surface area (Å²) < 4.78 is 0. The number of nitrogen functional groups attached to an aromatic ring is 1. The Morgan fingerprint density at radius 1 is 0.947 bits per heavy atom. The molecular formula is C16H14N2S. The van der Waals surface area contributed by atoms with Crippen LogP contribution in [0.25, 0.3) is 10.9 Å². The van der Waals surface area contributed by atoms with Crippen LogP contribution in [0.4, 0.5) is 5.69 Å². The predicted molar refractivity (Wildman–Crippen MR) is 82.2 cm³/mol. The molecule has 3 heteroatoms. The van der Waals surface area contributed by atoms with E-state index in [9.17, 15) is 0 Å². The summed E-state index contributed by atoms with van der Waals surface area (Å²) in [4.78, 5) is 5.63. The molecule has 0 saturated heterocycles. The summed E-state index contributed by atoms with van der Waals surface area (Å²) in [5.41, 5.74) is 9.07. The molecule has 0 aliphatic rings. The fraction of sp³-hybridized carbons (Fsp3) is 0.0625. The van der Waals surface area contributed by atoms with E-state index in [1.165, 1.54) is 10.5 Å². The van der Waals surface area contributed by atoms with Crippen LogP contribution in [0, 0.1) is 0 Å². The minimum absolute atomic E-state index is 0.784. The standard InChI is InChI=1S/C16H14N2S/c17-14-8-9-15(16-13(14)7-4-10-18-16)19-11-12-5-2-1-3-6-12/h1-10H,11,17H2. The molecule has 3 rings (SSSR count). The van der Waals surface area contributed by atoms with Gasteiger partial charge in [0.25, 0.3) is 0 Å². The van der Waals surface area contributed by atoms with Crippen molar-refractivity contribution in [2.45, 2.75) is 10.6 Å². The zero-order valence-corrected chi connectivity index (χ0v) is 11.2. The second-order valence-corrected chi connectivity index (χ2v) is 5.34. The smallest absolute Gasteiger partial charge is 0.0858 e. The maximum Gasteiger partial charge on any atom is 0.0858 e. The number of anilines is 1. The summed E-state index contributed by atoms with van der Waals surface area (Å²) in [7, 11) is 0. The average molecular weight is 266 g/mol. The highest BCUT2D eigenvalue weighted by Gasteiger charge is 2.05. The average Bonchev–Trinajstić information content (AvgIpc) is 2.48. The van der Waals surface area contributed by atoms with Crippen molar-refractivity contribution in [2.75, 3.05) is 5.73 Å². The monoisotopic (exact) mass is 266 g/mol. The molecule has 94 valence electrons. The molecule has 0 aliphatic heterocycles. The van der Waals surface area contributed by atoms with Gasteiger partial charge in [0.1, 0.15) is 0 Å². The topological polar surface area (TPSA) is 38.9 Å². The number of hydrogen-bond donors (Lipinski definition) is 1. The summed E-state index contributed by atoms with van der Waals surface area (Å²) in [5.74, 6) is 0.941. The van der Waals surface area contributed by atoms with Crippen molar-refractivity contribution < 1.29 is 0 Å². The highest BCUT2D eigenvalue weighted by atomic mass is 32.2. The van der Waals surface area contributed by atoms with E-state index in [-0.39, 0.29) is 0 Å². The molecule has 0 radical (unpaired) electrons. The number of hydrogen-bond acceptors (Lipinski definition) is 3. The minimum atomic E-state index is 0.784. The van der Waals surface area contributed by atoms with Crippen LogP contribution >= 0.6 is 11.8 Å². The first kappa shape index (κ1) is 12.1. The van der Waals surface area contributed by atoms with Crippen LogP contribution in [0.5, 0.6) is 0 Å². The van der Waals surface area contributed by atoms with Crippen molar-refractivity contribution in [2.24, 2.45) is 0 Å². The van der Waals surface area contributed by atoms with Crippen LogP contribution < -0.4 is 5.73 Å². The van der Waals surface area contributed by atoms with Crippen molar-refractivity contribution in [3.05, 3.63) is 66.4 Å². The summed E-state index contributed by atoms with van der Waals surface area (Å²) >= 11 is 1.79. The Bertz CT molecular complexity index is 695. The first-order chi connectivity index (χ1) is 9.34. The Balaban J connectivity index is 1.91. The van der Waals surface area contributed by atoms with Crippen LogP contribution in [-0.2, 0) is 5.75 Å². The molecule has 2 nitrogen and oxygen atoms in total. The number of thioether (sulfide) groups is 1. The lowest BCUT2D eigenvalue weighted by Crippen LogP contribution is -1.90. The van der Waals surface area contributed by atoms with Gasteiger partial charge in [-0.15, -0.1) is 11.8 Å². The molecular weight excluding hydrogens is 252 g/mol. The third-order valence-corrected chi connectivity index (χ3v) is 4.12. The van der Waals surface area contributed by atoms with Crippen molar-refractivity contribution in [1.82, 2.24) is 4.98 Å². The van der Waals surface area contributed by atoms with E-state index in [4.69, 9.17) is 5.73 Å². The predicted octanol–water partition coefficient (Wildman–Crippen LogP) is 4.11. The van der Waals surface area contributed by atoms with Gasteiger partial charge in [0.05, 0.1) is 5.52 Å². The van der Waals surface area contributed by atoms with Crippen molar-refractivity contribution >= 4 is 28.4 Å². The molecule has 0 bridgehead atoms. The zero-order chi connectivity index (χ0) is 13.1. The maximum atomic E-state index is 5.98. The van der Waals surface area contributed by atoms with Gasteiger partial charge in [0.2, 0.25) is 0 Å². The Labute approximate surface area is 116 Å². The first-order valence-corrected chi connectivity index (χ1v) is 7.13. The number of aromatic nitrogens is 1. The van der Waals surface area contributed by atoms with Crippen molar-refractivity contribution in [3.8, 4) is 0 Å². The molecule has 0 fully saturated rings. The molecule has 0 saturated carbocycles. The Hall–Kier alpha value is -2.00. The van der Waals surface area contributed by atoms with E-state index < -0.39 is 0 Å². The van der Waals surface area contributed by atoms with Gasteiger partial charge < -0.3 is 5.73 Å². The molecule has 0 spiro atoms. The van der Waals surface area contributed by atoms with Gasteiger partial charge in [-0.2, -0.15) is 0 Å². The van der Waals surface area contributed by atoms with Crippen LogP contribution in [-0.4, -0.2) is 4.98 Å². The molecule has 0 amide bonds. The third-order valence-electron chi connectivity index (χ3n) is 3.00. The second kappa shape index (κ2) is 5.33. The van der Waals surface area contributed by atoms with Gasteiger partial charge >= 0.3 is 0 Å². The minimum Gasteiger partial charge on any atom is -0.398 e. The van der Waals surface area contributed by atoms with E-state index in [0.717, 1.165) is 22.3 Å². The molecule has 0 unspecified atom stereocenters. The van der Waals surface area contributed by atoms with E-state index in [1.54, 1.807) is 11.8 Å². The molecule has 2 N–H and O–H groups in total. The van der Waals surface area contributed by atoms with Crippen LogP contribution in [0.1, 0.15) is 5.56 Å². The number of pyridine rings is 1. The number of nitrogens with zero attached hydrogens (tertiary/aromatic N) is 1. The Kier molecular flexibility index (Phi) is 3.38. The maximum absolute atomic E-state index is 5.98. The number of fused-ring (bicyclic) bond motifs is 1. The van der Waals surface area contributed by atoms with Gasteiger partial charge in [-0.3, -0.25) is 4.98 Å². The lowest BCUT2D eigenvalue weighted by molar-refractivity contribution is 1.34. The number of nitrogens with two attached hydrogens (primary N) is 1. The van der Waals surface area contributed by atoms with Crippen molar-refractivity contribution in [3.63, 3.8) is 0 Å². The fourth-order valence-electron chi connectivity index (χ4n) is 2.02. The third kappa shape index (κ3) is 2.56. The molecule has 1 aromatic heterocycles. The van der Waals surface area contributed by atoms with Crippen LogP contribution in [0.2, 0.25) is 0 Å². The van der Waals surface area contributed by atoms with E-state index in [2.05, 4.69) is 35.3 Å². The number of benzene rings is 2. The summed E-state index contributed by atoms with van der Waals surface area (Å²) in [6.45, 7) is 0. The number of rotatable bonds is 3. The second-order valence-electron chi connectivity index (χ2n) is 4.33. The molecule has 19 heavy (non-hydrogen) atoms. The molecule has 3 aromatic rings.